The predicted molar refractivity (Wildman–Crippen MR) is 132 cm³/mol. The molecule has 174 valence electrons. The standard InChI is InChI=1S/C24H24Cl2N2O4S/c25-12-11-19(18-6-2-1-3-7-18)16-27-23-10-9-21(14-22(23)24(29)30)33(31,32)28-15-17-5-4-8-20(26)13-17/h1-10,13-14,19,27-28H,11-12,15-16H2,(H,29,30). The van der Waals surface area contributed by atoms with Gasteiger partial charge in [-0.2, -0.15) is 0 Å². The molecule has 0 amide bonds. The van der Waals surface area contributed by atoms with E-state index in [0.717, 1.165) is 11.6 Å². The van der Waals surface area contributed by atoms with E-state index in [2.05, 4.69) is 10.0 Å². The maximum atomic E-state index is 12.7. The van der Waals surface area contributed by atoms with Crippen molar-refractivity contribution in [2.24, 2.45) is 0 Å². The lowest BCUT2D eigenvalue weighted by Gasteiger charge is -2.19. The van der Waals surface area contributed by atoms with Crippen LogP contribution in [0, 0.1) is 0 Å². The predicted octanol–water partition coefficient (Wildman–Crippen LogP) is 5.34. The number of nitrogens with one attached hydrogen (secondary N) is 2. The molecular formula is C24H24Cl2N2O4S. The first-order valence-electron chi connectivity index (χ1n) is 10.3. The summed E-state index contributed by atoms with van der Waals surface area (Å²) in [7, 11) is -3.93. The molecule has 3 rings (SSSR count). The number of hydrogen-bond acceptors (Lipinski definition) is 4. The summed E-state index contributed by atoms with van der Waals surface area (Å²) >= 11 is 11.9. The van der Waals surface area contributed by atoms with Crippen LogP contribution in [0.1, 0.15) is 33.8 Å². The van der Waals surface area contributed by atoms with E-state index in [1.807, 2.05) is 30.3 Å². The molecule has 0 aliphatic rings. The van der Waals surface area contributed by atoms with E-state index in [4.69, 9.17) is 23.2 Å². The van der Waals surface area contributed by atoms with Crippen molar-refractivity contribution in [1.82, 2.24) is 4.72 Å². The molecule has 0 saturated heterocycles. The molecule has 0 heterocycles. The van der Waals surface area contributed by atoms with Gasteiger partial charge in [-0.3, -0.25) is 0 Å². The molecule has 0 saturated carbocycles. The van der Waals surface area contributed by atoms with Crippen molar-refractivity contribution in [3.8, 4) is 0 Å². The van der Waals surface area contributed by atoms with Gasteiger partial charge in [-0.15, -0.1) is 11.6 Å². The van der Waals surface area contributed by atoms with Crippen molar-refractivity contribution in [2.75, 3.05) is 17.7 Å². The Balaban J connectivity index is 1.77. The summed E-state index contributed by atoms with van der Waals surface area (Å²) in [5.41, 5.74) is 1.99. The highest BCUT2D eigenvalue weighted by Gasteiger charge is 2.20. The number of carbonyl (C=O) groups is 1. The third-order valence-corrected chi connectivity index (χ3v) is 7.01. The summed E-state index contributed by atoms with van der Waals surface area (Å²) in [6.07, 6.45) is 0.709. The molecule has 0 aromatic heterocycles. The van der Waals surface area contributed by atoms with E-state index in [9.17, 15) is 18.3 Å². The number of carboxylic acids is 1. The molecule has 3 aromatic carbocycles. The smallest absolute Gasteiger partial charge is 0.337 e. The van der Waals surface area contributed by atoms with Crippen LogP contribution in [-0.2, 0) is 16.6 Å². The van der Waals surface area contributed by atoms with Crippen molar-refractivity contribution in [3.63, 3.8) is 0 Å². The van der Waals surface area contributed by atoms with Crippen molar-refractivity contribution in [3.05, 3.63) is 94.5 Å². The zero-order valence-electron chi connectivity index (χ0n) is 17.7. The highest BCUT2D eigenvalue weighted by molar-refractivity contribution is 7.89. The average Bonchev–Trinajstić information content (AvgIpc) is 2.81. The van der Waals surface area contributed by atoms with Crippen LogP contribution >= 0.6 is 23.2 Å². The Kier molecular flexibility index (Phi) is 8.74. The summed E-state index contributed by atoms with van der Waals surface area (Å²) in [5, 5.41) is 13.3. The monoisotopic (exact) mass is 506 g/mol. The minimum atomic E-state index is -3.93. The van der Waals surface area contributed by atoms with Gasteiger partial charge in [-0.1, -0.05) is 54.1 Å². The Morgan fingerprint density at radius 1 is 1.00 bits per heavy atom. The van der Waals surface area contributed by atoms with E-state index in [1.54, 1.807) is 24.3 Å². The van der Waals surface area contributed by atoms with Crippen molar-refractivity contribution in [1.29, 1.82) is 0 Å². The first kappa shape index (κ1) is 25.1. The van der Waals surface area contributed by atoms with Crippen LogP contribution in [0.25, 0.3) is 0 Å². The number of alkyl halides is 1. The number of benzene rings is 3. The Bertz CT molecular complexity index is 1200. The Labute approximate surface area is 203 Å². The molecule has 33 heavy (non-hydrogen) atoms. The molecule has 1 atom stereocenters. The third kappa shape index (κ3) is 6.95. The second-order valence-corrected chi connectivity index (χ2v) is 10.0. The van der Waals surface area contributed by atoms with Gasteiger partial charge in [-0.05, 0) is 47.9 Å². The van der Waals surface area contributed by atoms with Crippen LogP contribution in [0.3, 0.4) is 0 Å². The van der Waals surface area contributed by atoms with Gasteiger partial charge >= 0.3 is 5.97 Å². The lowest BCUT2D eigenvalue weighted by Crippen LogP contribution is -2.24. The summed E-state index contributed by atoms with van der Waals surface area (Å²) in [5.74, 6) is -0.686. The first-order valence-corrected chi connectivity index (χ1v) is 12.7. The Morgan fingerprint density at radius 3 is 2.42 bits per heavy atom. The average molecular weight is 507 g/mol. The van der Waals surface area contributed by atoms with Gasteiger partial charge in [0.1, 0.15) is 0 Å². The minimum absolute atomic E-state index is 0.0302. The van der Waals surface area contributed by atoms with Gasteiger partial charge < -0.3 is 10.4 Å². The highest BCUT2D eigenvalue weighted by atomic mass is 35.5. The van der Waals surface area contributed by atoms with Crippen LogP contribution in [-0.4, -0.2) is 31.9 Å². The van der Waals surface area contributed by atoms with E-state index in [0.29, 0.717) is 35.1 Å². The fourth-order valence-corrected chi connectivity index (χ4v) is 4.93. The van der Waals surface area contributed by atoms with Crippen molar-refractivity contribution < 1.29 is 18.3 Å². The Morgan fingerprint density at radius 2 is 1.76 bits per heavy atom. The van der Waals surface area contributed by atoms with Gasteiger partial charge in [0.25, 0.3) is 0 Å². The van der Waals surface area contributed by atoms with Crippen LogP contribution < -0.4 is 10.0 Å². The zero-order valence-corrected chi connectivity index (χ0v) is 20.0. The van der Waals surface area contributed by atoms with E-state index in [-0.39, 0.29) is 22.9 Å². The second kappa shape index (κ2) is 11.5. The lowest BCUT2D eigenvalue weighted by molar-refractivity contribution is 0.0697. The number of aromatic carboxylic acids is 1. The maximum absolute atomic E-state index is 12.7. The molecule has 1 unspecified atom stereocenters. The summed E-state index contributed by atoms with van der Waals surface area (Å²) in [6.45, 7) is 0.485. The van der Waals surface area contributed by atoms with Gasteiger partial charge in [0.05, 0.1) is 10.5 Å². The molecule has 0 bridgehead atoms. The largest absolute Gasteiger partial charge is 0.478 e. The molecule has 6 nitrogen and oxygen atoms in total. The topological polar surface area (TPSA) is 95.5 Å². The van der Waals surface area contributed by atoms with Gasteiger partial charge in [-0.25, -0.2) is 17.9 Å². The van der Waals surface area contributed by atoms with E-state index >= 15 is 0 Å². The molecule has 0 radical (unpaired) electrons. The van der Waals surface area contributed by atoms with Crippen LogP contribution in [0.15, 0.2) is 77.7 Å². The highest BCUT2D eigenvalue weighted by Crippen LogP contribution is 2.25. The lowest BCUT2D eigenvalue weighted by atomic mass is 9.96. The molecule has 3 N–H and O–H groups in total. The molecule has 3 aromatic rings. The number of halogens is 2. The molecule has 0 spiro atoms. The van der Waals surface area contributed by atoms with Crippen LogP contribution in [0.2, 0.25) is 5.02 Å². The molecule has 0 fully saturated rings. The van der Waals surface area contributed by atoms with E-state index < -0.39 is 16.0 Å². The zero-order chi connectivity index (χ0) is 23.8. The van der Waals surface area contributed by atoms with Gasteiger partial charge in [0.2, 0.25) is 10.0 Å². The van der Waals surface area contributed by atoms with Crippen molar-refractivity contribution >= 4 is 44.9 Å². The third-order valence-electron chi connectivity index (χ3n) is 5.15. The van der Waals surface area contributed by atoms with Crippen LogP contribution in [0.4, 0.5) is 5.69 Å². The van der Waals surface area contributed by atoms with Gasteiger partial charge in [0, 0.05) is 35.6 Å². The summed E-state index contributed by atoms with van der Waals surface area (Å²) in [4.78, 5) is 11.7. The molecule has 0 aliphatic carbocycles. The summed E-state index contributed by atoms with van der Waals surface area (Å²) in [6, 6.07) is 20.6. The number of sulfonamides is 1. The molecular weight excluding hydrogens is 483 g/mol. The molecule has 9 heteroatoms. The number of anilines is 1. The van der Waals surface area contributed by atoms with E-state index in [1.165, 1.54) is 12.1 Å². The van der Waals surface area contributed by atoms with Crippen molar-refractivity contribution in [2.45, 2.75) is 23.8 Å². The van der Waals surface area contributed by atoms with Crippen LogP contribution in [0.5, 0.6) is 0 Å². The Hall–Kier alpha value is -2.58. The second-order valence-electron chi connectivity index (χ2n) is 7.43. The maximum Gasteiger partial charge on any atom is 0.337 e. The SMILES string of the molecule is O=C(O)c1cc(S(=O)(=O)NCc2cccc(Cl)c2)ccc1NCC(CCCl)c1ccccc1. The number of carboxylic acid groups (broad SMARTS) is 1. The first-order chi connectivity index (χ1) is 15.8. The number of rotatable bonds is 11. The molecule has 0 aliphatic heterocycles. The number of hydrogen-bond donors (Lipinski definition) is 3. The minimum Gasteiger partial charge on any atom is -0.478 e. The van der Waals surface area contributed by atoms with Gasteiger partial charge in [0.15, 0.2) is 0 Å². The summed E-state index contributed by atoms with van der Waals surface area (Å²) < 4.78 is 28.0. The normalized spacial score (nSPS) is 12.3. The fourth-order valence-electron chi connectivity index (χ4n) is 3.41. The quantitative estimate of drug-likeness (QED) is 0.305. The fraction of sp³-hybridized carbons (Fsp3) is 0.208.